The number of halogens is 2. The van der Waals surface area contributed by atoms with Gasteiger partial charge in [-0.15, -0.1) is 0 Å². The molecule has 2 nitrogen and oxygen atoms in total. The van der Waals surface area contributed by atoms with Gasteiger partial charge in [-0.2, -0.15) is 4.39 Å². The molecule has 0 saturated carbocycles. The fraction of sp³-hybridized carbons (Fsp3) is 0.364. The minimum atomic E-state index is -1.02. The molecule has 0 bridgehead atoms. The second-order valence-corrected chi connectivity index (χ2v) is 3.39. The fourth-order valence-electron chi connectivity index (χ4n) is 1.24. The number of ether oxygens (including phenoxy) is 1. The van der Waals surface area contributed by atoms with E-state index in [0.717, 1.165) is 6.07 Å². The molecule has 1 unspecified atom stereocenters. The monoisotopic (exact) mass is 214 g/mol. The molecule has 0 aliphatic heterocycles. The largest absolute Gasteiger partial charge is 0.487 e. The van der Waals surface area contributed by atoms with E-state index in [4.69, 9.17) is 4.74 Å². The molecule has 1 aromatic carbocycles. The van der Waals surface area contributed by atoms with Gasteiger partial charge in [-0.1, -0.05) is 6.07 Å². The molecule has 1 rings (SSSR count). The molecule has 0 spiro atoms. The molecular weight excluding hydrogens is 202 g/mol. The summed E-state index contributed by atoms with van der Waals surface area (Å²) < 4.78 is 31.0. The summed E-state index contributed by atoms with van der Waals surface area (Å²) in [6.45, 7) is 3.05. The average molecular weight is 214 g/mol. The van der Waals surface area contributed by atoms with Crippen LogP contribution in [0.25, 0.3) is 0 Å². The van der Waals surface area contributed by atoms with Gasteiger partial charge in [-0.3, -0.25) is 4.79 Å². The van der Waals surface area contributed by atoms with E-state index in [1.54, 1.807) is 6.92 Å². The van der Waals surface area contributed by atoms with E-state index in [1.807, 2.05) is 0 Å². The quantitative estimate of drug-likeness (QED) is 0.770. The summed E-state index contributed by atoms with van der Waals surface area (Å²) in [5.41, 5.74) is 0. The minimum absolute atomic E-state index is 0.0562. The van der Waals surface area contributed by atoms with Crippen molar-refractivity contribution in [2.75, 3.05) is 0 Å². The van der Waals surface area contributed by atoms with Crippen molar-refractivity contribution in [1.82, 2.24) is 0 Å². The highest BCUT2D eigenvalue weighted by Crippen LogP contribution is 2.20. The molecule has 0 radical (unpaired) electrons. The second kappa shape index (κ2) is 4.87. The van der Waals surface area contributed by atoms with Crippen molar-refractivity contribution < 1.29 is 18.3 Å². The molecule has 0 aliphatic carbocycles. The van der Waals surface area contributed by atoms with Crippen LogP contribution in [0.4, 0.5) is 8.78 Å². The van der Waals surface area contributed by atoms with Crippen molar-refractivity contribution in [1.29, 1.82) is 0 Å². The van der Waals surface area contributed by atoms with E-state index in [9.17, 15) is 13.6 Å². The van der Waals surface area contributed by atoms with Gasteiger partial charge in [0.15, 0.2) is 11.6 Å². The lowest BCUT2D eigenvalue weighted by Gasteiger charge is -2.13. The Kier molecular flexibility index (Phi) is 3.77. The maximum Gasteiger partial charge on any atom is 0.200 e. The van der Waals surface area contributed by atoms with Gasteiger partial charge in [0, 0.05) is 6.42 Å². The predicted molar refractivity (Wildman–Crippen MR) is 51.7 cm³/mol. The molecule has 0 saturated heterocycles. The lowest BCUT2D eigenvalue weighted by atomic mass is 10.2. The van der Waals surface area contributed by atoms with Crippen LogP contribution < -0.4 is 4.74 Å². The van der Waals surface area contributed by atoms with Crippen LogP contribution in [0.5, 0.6) is 5.75 Å². The highest BCUT2D eigenvalue weighted by molar-refractivity contribution is 5.75. The van der Waals surface area contributed by atoms with E-state index in [1.165, 1.54) is 19.1 Å². The van der Waals surface area contributed by atoms with Gasteiger partial charge in [-0.05, 0) is 26.0 Å². The second-order valence-electron chi connectivity index (χ2n) is 3.39. The number of hydrogen-bond acceptors (Lipinski definition) is 2. The summed E-state index contributed by atoms with van der Waals surface area (Å²) in [4.78, 5) is 10.7. The Bertz CT molecular complexity index is 364. The Labute approximate surface area is 86.9 Å². The molecule has 0 amide bonds. The van der Waals surface area contributed by atoms with Crippen LogP contribution in [0.15, 0.2) is 18.2 Å². The van der Waals surface area contributed by atoms with Crippen LogP contribution in [0.1, 0.15) is 20.3 Å². The van der Waals surface area contributed by atoms with Crippen LogP contribution in [-0.2, 0) is 4.79 Å². The Morgan fingerprint density at radius 3 is 2.73 bits per heavy atom. The first-order valence-corrected chi connectivity index (χ1v) is 4.61. The Morgan fingerprint density at radius 2 is 2.13 bits per heavy atom. The van der Waals surface area contributed by atoms with Crippen LogP contribution in [0.2, 0.25) is 0 Å². The fourth-order valence-corrected chi connectivity index (χ4v) is 1.24. The molecule has 0 heterocycles. The predicted octanol–water partition coefficient (Wildman–Crippen LogP) is 2.71. The van der Waals surface area contributed by atoms with Crippen molar-refractivity contribution in [2.24, 2.45) is 0 Å². The zero-order valence-corrected chi connectivity index (χ0v) is 8.59. The smallest absolute Gasteiger partial charge is 0.200 e. The summed E-state index contributed by atoms with van der Waals surface area (Å²) in [6, 6.07) is 3.70. The summed E-state index contributed by atoms with van der Waals surface area (Å²) in [5.74, 6) is -2.20. The Balaban J connectivity index is 2.72. The molecule has 1 aromatic rings. The van der Waals surface area contributed by atoms with Crippen LogP contribution in [-0.4, -0.2) is 11.9 Å². The summed E-state index contributed by atoms with van der Waals surface area (Å²) in [7, 11) is 0. The third-order valence-corrected chi connectivity index (χ3v) is 1.82. The normalized spacial score (nSPS) is 12.3. The summed E-state index contributed by atoms with van der Waals surface area (Å²) in [6.07, 6.45) is -0.283. The minimum Gasteiger partial charge on any atom is -0.487 e. The van der Waals surface area contributed by atoms with Gasteiger partial charge in [0.05, 0.1) is 0 Å². The van der Waals surface area contributed by atoms with Crippen LogP contribution in [0.3, 0.4) is 0 Å². The van der Waals surface area contributed by atoms with Gasteiger partial charge >= 0.3 is 0 Å². The molecule has 0 fully saturated rings. The number of benzene rings is 1. The Hall–Kier alpha value is -1.45. The first-order valence-electron chi connectivity index (χ1n) is 4.61. The first-order chi connectivity index (χ1) is 7.00. The number of hydrogen-bond donors (Lipinski definition) is 0. The topological polar surface area (TPSA) is 26.3 Å². The number of carbonyl (C=O) groups excluding carboxylic acids is 1. The number of rotatable bonds is 4. The maximum atomic E-state index is 13.1. The molecule has 0 aromatic heterocycles. The Morgan fingerprint density at radius 1 is 1.47 bits per heavy atom. The number of carbonyl (C=O) groups is 1. The molecule has 0 aliphatic rings. The average Bonchev–Trinajstić information content (AvgIpc) is 2.11. The zero-order valence-electron chi connectivity index (χ0n) is 8.59. The van der Waals surface area contributed by atoms with Crippen molar-refractivity contribution in [3.63, 3.8) is 0 Å². The molecule has 4 heteroatoms. The summed E-state index contributed by atoms with van der Waals surface area (Å²) in [5, 5.41) is 0. The van der Waals surface area contributed by atoms with E-state index in [2.05, 4.69) is 0 Å². The number of Topliss-reactive ketones (excluding diaryl/α,β-unsaturated/α-hetero) is 1. The van der Waals surface area contributed by atoms with Gasteiger partial charge in [0.25, 0.3) is 0 Å². The van der Waals surface area contributed by atoms with E-state index in [-0.39, 0.29) is 18.0 Å². The van der Waals surface area contributed by atoms with Crippen LogP contribution >= 0.6 is 0 Å². The van der Waals surface area contributed by atoms with Crippen LogP contribution in [0, 0.1) is 11.6 Å². The van der Waals surface area contributed by atoms with Crippen molar-refractivity contribution in [3.05, 3.63) is 29.8 Å². The standard InChI is InChI=1S/C11H12F2O2/c1-7(14)6-8(2)15-10-5-3-4-9(12)11(10)13/h3-5,8H,6H2,1-2H3. The highest BCUT2D eigenvalue weighted by atomic mass is 19.2. The van der Waals surface area contributed by atoms with Crippen molar-refractivity contribution in [2.45, 2.75) is 26.4 Å². The molecule has 15 heavy (non-hydrogen) atoms. The summed E-state index contributed by atoms with van der Waals surface area (Å²) >= 11 is 0. The SMILES string of the molecule is CC(=O)CC(C)Oc1cccc(F)c1F. The zero-order chi connectivity index (χ0) is 11.4. The molecule has 1 atom stereocenters. The molecular formula is C11H12F2O2. The molecule has 0 N–H and O–H groups in total. The van der Waals surface area contributed by atoms with E-state index < -0.39 is 17.7 Å². The van der Waals surface area contributed by atoms with Crippen molar-refractivity contribution >= 4 is 5.78 Å². The van der Waals surface area contributed by atoms with Gasteiger partial charge in [0.1, 0.15) is 11.9 Å². The van der Waals surface area contributed by atoms with Gasteiger partial charge < -0.3 is 4.74 Å². The first kappa shape index (κ1) is 11.6. The number of ketones is 1. The van der Waals surface area contributed by atoms with E-state index >= 15 is 0 Å². The van der Waals surface area contributed by atoms with Crippen molar-refractivity contribution in [3.8, 4) is 5.75 Å². The lowest BCUT2D eigenvalue weighted by molar-refractivity contribution is -0.118. The lowest BCUT2D eigenvalue weighted by Crippen LogP contribution is -2.16. The third kappa shape index (κ3) is 3.31. The van der Waals surface area contributed by atoms with Gasteiger partial charge in [0.2, 0.25) is 5.82 Å². The third-order valence-electron chi connectivity index (χ3n) is 1.82. The maximum absolute atomic E-state index is 13.1. The van der Waals surface area contributed by atoms with Gasteiger partial charge in [-0.25, -0.2) is 4.39 Å². The molecule has 82 valence electrons. The van der Waals surface area contributed by atoms with E-state index in [0.29, 0.717) is 0 Å². The highest BCUT2D eigenvalue weighted by Gasteiger charge is 2.12.